The third-order valence-corrected chi connectivity index (χ3v) is 4.15. The van der Waals surface area contributed by atoms with Gasteiger partial charge in [0.2, 0.25) is 5.89 Å². The van der Waals surface area contributed by atoms with Crippen LogP contribution in [0, 0.1) is 0 Å². The van der Waals surface area contributed by atoms with Crippen LogP contribution in [0.3, 0.4) is 0 Å². The summed E-state index contributed by atoms with van der Waals surface area (Å²) in [6, 6.07) is 24.0. The topological polar surface area (TPSA) is 67.2 Å². The lowest BCUT2D eigenvalue weighted by Gasteiger charge is -2.09. The maximum Gasteiger partial charge on any atom is 0.257 e. The molecule has 0 saturated heterocycles. The van der Waals surface area contributed by atoms with Gasteiger partial charge in [-0.15, -0.1) is 0 Å². The predicted molar refractivity (Wildman–Crippen MR) is 110 cm³/mol. The van der Waals surface area contributed by atoms with Gasteiger partial charge >= 0.3 is 0 Å². The van der Waals surface area contributed by atoms with Crippen LogP contribution in [-0.4, -0.2) is 16.0 Å². The summed E-state index contributed by atoms with van der Waals surface area (Å²) in [4.78, 5) is 16.6. The highest BCUT2D eigenvalue weighted by molar-refractivity contribution is 7.80. The zero-order valence-electron chi connectivity index (χ0n) is 14.2. The number of amides is 1. The number of anilines is 1. The Balaban J connectivity index is 1.43. The highest BCUT2D eigenvalue weighted by atomic mass is 32.1. The lowest BCUT2D eigenvalue weighted by atomic mass is 10.2. The van der Waals surface area contributed by atoms with E-state index in [0.717, 1.165) is 22.4 Å². The maximum absolute atomic E-state index is 12.1. The minimum Gasteiger partial charge on any atom is -0.436 e. The van der Waals surface area contributed by atoms with Crippen molar-refractivity contribution in [2.45, 2.75) is 0 Å². The molecule has 0 bridgehead atoms. The second kappa shape index (κ2) is 7.39. The number of carbonyl (C=O) groups is 1. The molecule has 6 heteroatoms. The third-order valence-electron chi connectivity index (χ3n) is 3.95. The summed E-state index contributed by atoms with van der Waals surface area (Å²) in [5.74, 6) is 0.305. The summed E-state index contributed by atoms with van der Waals surface area (Å²) in [5.41, 5.74) is 3.73. The summed E-state index contributed by atoms with van der Waals surface area (Å²) in [6.07, 6.45) is 0. The van der Waals surface area contributed by atoms with Gasteiger partial charge in [0, 0.05) is 16.8 Å². The predicted octanol–water partition coefficient (Wildman–Crippen LogP) is 4.62. The average Bonchev–Trinajstić information content (AvgIpc) is 3.13. The number of hydrogen-bond acceptors (Lipinski definition) is 4. The van der Waals surface area contributed by atoms with Gasteiger partial charge in [-0.1, -0.05) is 30.3 Å². The van der Waals surface area contributed by atoms with E-state index in [9.17, 15) is 4.79 Å². The van der Waals surface area contributed by atoms with Gasteiger partial charge in [0.05, 0.1) is 0 Å². The molecule has 1 amide bonds. The first-order chi connectivity index (χ1) is 13.2. The fraction of sp³-hybridized carbons (Fsp3) is 0. The molecule has 0 spiro atoms. The van der Waals surface area contributed by atoms with Crippen LogP contribution in [0.4, 0.5) is 5.69 Å². The molecular weight excluding hydrogens is 358 g/mol. The standard InChI is InChI=1S/C21H15N3O2S/c25-19(14-6-2-1-3-7-14)24-21(27)22-16-12-10-15(11-13-16)20-23-17-8-4-5-9-18(17)26-20/h1-13H,(H2,22,24,25,27). The summed E-state index contributed by atoms with van der Waals surface area (Å²) < 4.78 is 5.76. The van der Waals surface area contributed by atoms with E-state index in [-0.39, 0.29) is 11.0 Å². The van der Waals surface area contributed by atoms with Gasteiger partial charge in [0.1, 0.15) is 5.52 Å². The molecule has 5 nitrogen and oxygen atoms in total. The van der Waals surface area contributed by atoms with Crippen LogP contribution in [0.5, 0.6) is 0 Å². The lowest BCUT2D eigenvalue weighted by molar-refractivity contribution is 0.0977. The van der Waals surface area contributed by atoms with Crippen LogP contribution < -0.4 is 10.6 Å². The first-order valence-corrected chi connectivity index (χ1v) is 8.73. The Bertz CT molecular complexity index is 1070. The number of oxazole rings is 1. The number of aromatic nitrogens is 1. The number of thiocarbonyl (C=S) groups is 1. The second-order valence-electron chi connectivity index (χ2n) is 5.84. The van der Waals surface area contributed by atoms with Crippen LogP contribution in [0.1, 0.15) is 10.4 Å². The maximum atomic E-state index is 12.1. The number of nitrogens with zero attached hydrogens (tertiary/aromatic N) is 1. The normalized spacial score (nSPS) is 10.5. The van der Waals surface area contributed by atoms with E-state index in [4.69, 9.17) is 16.6 Å². The average molecular weight is 373 g/mol. The number of rotatable bonds is 3. The van der Waals surface area contributed by atoms with E-state index in [1.807, 2.05) is 54.6 Å². The van der Waals surface area contributed by atoms with Gasteiger partial charge in [-0.05, 0) is 60.7 Å². The first-order valence-electron chi connectivity index (χ1n) is 8.32. The van der Waals surface area contributed by atoms with Crippen molar-refractivity contribution >= 4 is 40.0 Å². The van der Waals surface area contributed by atoms with E-state index in [1.54, 1.807) is 24.3 Å². The van der Waals surface area contributed by atoms with E-state index in [2.05, 4.69) is 15.6 Å². The molecule has 1 heterocycles. The number of para-hydroxylation sites is 2. The van der Waals surface area contributed by atoms with Crippen molar-refractivity contribution in [1.82, 2.24) is 10.3 Å². The fourth-order valence-corrected chi connectivity index (χ4v) is 2.83. The zero-order chi connectivity index (χ0) is 18.6. The molecule has 0 radical (unpaired) electrons. The van der Waals surface area contributed by atoms with E-state index >= 15 is 0 Å². The Kier molecular flexibility index (Phi) is 4.63. The molecule has 0 fully saturated rings. The van der Waals surface area contributed by atoms with Gasteiger partial charge < -0.3 is 9.73 Å². The molecule has 27 heavy (non-hydrogen) atoms. The minimum atomic E-state index is -0.254. The van der Waals surface area contributed by atoms with Crippen molar-refractivity contribution in [3.8, 4) is 11.5 Å². The van der Waals surface area contributed by atoms with Gasteiger partial charge in [0.25, 0.3) is 5.91 Å². The highest BCUT2D eigenvalue weighted by Crippen LogP contribution is 2.25. The van der Waals surface area contributed by atoms with Gasteiger partial charge in [-0.25, -0.2) is 4.98 Å². The minimum absolute atomic E-state index is 0.235. The fourth-order valence-electron chi connectivity index (χ4n) is 2.62. The molecular formula is C21H15N3O2S. The quantitative estimate of drug-likeness (QED) is 0.513. The largest absolute Gasteiger partial charge is 0.436 e. The highest BCUT2D eigenvalue weighted by Gasteiger charge is 2.09. The van der Waals surface area contributed by atoms with E-state index < -0.39 is 0 Å². The van der Waals surface area contributed by atoms with Crippen molar-refractivity contribution in [2.24, 2.45) is 0 Å². The smallest absolute Gasteiger partial charge is 0.257 e. The van der Waals surface area contributed by atoms with Crippen LogP contribution in [0.25, 0.3) is 22.6 Å². The monoisotopic (exact) mass is 373 g/mol. The van der Waals surface area contributed by atoms with Gasteiger partial charge in [0.15, 0.2) is 10.7 Å². The summed E-state index contributed by atoms with van der Waals surface area (Å²) in [6.45, 7) is 0. The summed E-state index contributed by atoms with van der Waals surface area (Å²) in [5, 5.41) is 5.89. The Morgan fingerprint density at radius 1 is 0.889 bits per heavy atom. The lowest BCUT2D eigenvalue weighted by Crippen LogP contribution is -2.34. The Morgan fingerprint density at radius 3 is 2.33 bits per heavy atom. The van der Waals surface area contributed by atoms with Crippen molar-refractivity contribution in [3.63, 3.8) is 0 Å². The third kappa shape index (κ3) is 3.86. The van der Waals surface area contributed by atoms with Crippen molar-refractivity contribution < 1.29 is 9.21 Å². The van der Waals surface area contributed by atoms with Crippen molar-refractivity contribution in [2.75, 3.05) is 5.32 Å². The van der Waals surface area contributed by atoms with Crippen LogP contribution >= 0.6 is 12.2 Å². The molecule has 0 aliphatic rings. The van der Waals surface area contributed by atoms with Crippen molar-refractivity contribution in [3.05, 3.63) is 84.4 Å². The molecule has 132 valence electrons. The van der Waals surface area contributed by atoms with E-state index in [1.165, 1.54) is 0 Å². The van der Waals surface area contributed by atoms with Crippen LogP contribution in [0.2, 0.25) is 0 Å². The molecule has 4 rings (SSSR count). The van der Waals surface area contributed by atoms with Gasteiger partial charge in [-0.3, -0.25) is 10.1 Å². The van der Waals surface area contributed by atoms with Gasteiger partial charge in [-0.2, -0.15) is 0 Å². The Labute approximate surface area is 161 Å². The molecule has 0 atom stereocenters. The molecule has 1 aromatic heterocycles. The molecule has 0 aliphatic heterocycles. The number of carbonyl (C=O) groups excluding carboxylic acids is 1. The Morgan fingerprint density at radius 2 is 1.59 bits per heavy atom. The zero-order valence-corrected chi connectivity index (χ0v) is 15.0. The SMILES string of the molecule is O=C(NC(=S)Nc1ccc(-c2nc3ccccc3o2)cc1)c1ccccc1. The molecule has 0 unspecified atom stereocenters. The number of benzene rings is 3. The number of hydrogen-bond donors (Lipinski definition) is 2. The number of nitrogens with one attached hydrogen (secondary N) is 2. The first kappa shape index (κ1) is 16.9. The summed E-state index contributed by atoms with van der Waals surface area (Å²) >= 11 is 5.21. The molecule has 0 aliphatic carbocycles. The molecule has 2 N–H and O–H groups in total. The van der Waals surface area contributed by atoms with Crippen LogP contribution in [0.15, 0.2) is 83.3 Å². The summed E-state index contributed by atoms with van der Waals surface area (Å²) in [7, 11) is 0. The van der Waals surface area contributed by atoms with Crippen molar-refractivity contribution in [1.29, 1.82) is 0 Å². The van der Waals surface area contributed by atoms with Crippen LogP contribution in [-0.2, 0) is 0 Å². The van der Waals surface area contributed by atoms with E-state index in [0.29, 0.717) is 11.5 Å². The Hall–Kier alpha value is -3.51. The molecule has 4 aromatic rings. The number of fused-ring (bicyclic) bond motifs is 1. The molecule has 0 saturated carbocycles. The molecule has 3 aromatic carbocycles. The second-order valence-corrected chi connectivity index (χ2v) is 6.25.